The lowest BCUT2D eigenvalue weighted by Gasteiger charge is -2.38. The molecule has 3 nitrogen and oxygen atoms in total. The van der Waals surface area contributed by atoms with Crippen LogP contribution in [0.15, 0.2) is 54.6 Å². The van der Waals surface area contributed by atoms with Gasteiger partial charge in [-0.25, -0.2) is 0 Å². The van der Waals surface area contributed by atoms with Crippen LogP contribution < -0.4 is 0 Å². The molecular formula is C21H25NO2. The summed E-state index contributed by atoms with van der Waals surface area (Å²) in [5, 5.41) is 21.1. The molecule has 0 saturated heterocycles. The third-order valence-corrected chi connectivity index (χ3v) is 3.91. The number of hydrogen-bond donors (Lipinski definition) is 1. The van der Waals surface area contributed by atoms with Crippen LogP contribution in [0.1, 0.15) is 43.6 Å². The Kier molecular flexibility index (Phi) is 5.43. The van der Waals surface area contributed by atoms with Crippen molar-refractivity contribution in [3.8, 4) is 6.07 Å². The Morgan fingerprint density at radius 2 is 1.62 bits per heavy atom. The maximum absolute atomic E-state index is 11.1. The van der Waals surface area contributed by atoms with Crippen molar-refractivity contribution in [3.63, 3.8) is 0 Å². The molecule has 2 aromatic carbocycles. The Balaban J connectivity index is 2.49. The zero-order chi connectivity index (χ0) is 17.8. The van der Waals surface area contributed by atoms with Gasteiger partial charge in [-0.1, -0.05) is 54.6 Å². The second kappa shape index (κ2) is 7.17. The molecular weight excluding hydrogens is 298 g/mol. The Bertz CT molecular complexity index is 713. The van der Waals surface area contributed by atoms with Crippen LogP contribution in [-0.2, 0) is 11.2 Å². The molecule has 0 aliphatic rings. The van der Waals surface area contributed by atoms with E-state index in [0.29, 0.717) is 6.42 Å². The van der Waals surface area contributed by atoms with Gasteiger partial charge in [0.05, 0.1) is 5.60 Å². The molecule has 0 amide bonds. The molecule has 0 spiro atoms. The standard InChI is InChI=1S/C21H25NO2/c1-16-10-8-9-13-18(16)19(23)21(15-22,24-20(2,3)4)14-17-11-6-5-7-12-17/h5-13,19,23H,14H2,1-4H3/t19-,21+/m0/s1. The summed E-state index contributed by atoms with van der Waals surface area (Å²) in [5.74, 6) is 0. The fraction of sp³-hybridized carbons (Fsp3) is 0.381. The predicted molar refractivity (Wildman–Crippen MR) is 95.5 cm³/mol. The third kappa shape index (κ3) is 4.23. The Labute approximate surface area is 144 Å². The first kappa shape index (κ1) is 18.2. The number of hydrogen-bond acceptors (Lipinski definition) is 3. The minimum absolute atomic E-state index is 0.317. The van der Waals surface area contributed by atoms with Crippen LogP contribution in [-0.4, -0.2) is 16.3 Å². The summed E-state index contributed by atoms with van der Waals surface area (Å²) in [5.41, 5.74) is 0.699. The van der Waals surface area contributed by atoms with Gasteiger partial charge >= 0.3 is 0 Å². The van der Waals surface area contributed by atoms with Crippen molar-refractivity contribution in [3.05, 3.63) is 71.3 Å². The van der Waals surface area contributed by atoms with E-state index in [1.54, 1.807) is 0 Å². The van der Waals surface area contributed by atoms with E-state index in [1.807, 2.05) is 82.3 Å². The SMILES string of the molecule is Cc1ccccc1[C@H](O)[C@](C#N)(Cc1ccccc1)OC(C)(C)C. The molecule has 0 aliphatic carbocycles. The maximum Gasteiger partial charge on any atom is 0.188 e. The van der Waals surface area contributed by atoms with Crippen molar-refractivity contribution in [1.82, 2.24) is 0 Å². The quantitative estimate of drug-likeness (QED) is 0.890. The Morgan fingerprint density at radius 1 is 1.04 bits per heavy atom. The molecule has 0 saturated carbocycles. The molecule has 0 heterocycles. The average Bonchev–Trinajstić information content (AvgIpc) is 2.53. The molecule has 0 radical (unpaired) electrons. The van der Waals surface area contributed by atoms with Crippen molar-refractivity contribution < 1.29 is 9.84 Å². The van der Waals surface area contributed by atoms with Crippen LogP contribution in [0.2, 0.25) is 0 Å². The van der Waals surface area contributed by atoms with Gasteiger partial charge in [0.2, 0.25) is 0 Å². The first-order valence-electron chi connectivity index (χ1n) is 8.16. The van der Waals surface area contributed by atoms with Gasteiger partial charge in [-0.05, 0) is 44.4 Å². The number of aliphatic hydroxyl groups is 1. The van der Waals surface area contributed by atoms with Crippen LogP contribution in [0.5, 0.6) is 0 Å². The fourth-order valence-corrected chi connectivity index (χ4v) is 2.90. The molecule has 0 unspecified atom stereocenters. The maximum atomic E-state index is 11.1. The lowest BCUT2D eigenvalue weighted by atomic mass is 9.84. The van der Waals surface area contributed by atoms with Gasteiger partial charge in [0, 0.05) is 6.42 Å². The van der Waals surface area contributed by atoms with E-state index in [2.05, 4.69) is 6.07 Å². The van der Waals surface area contributed by atoms with Gasteiger partial charge < -0.3 is 9.84 Å². The normalized spacial score (nSPS) is 15.3. The molecule has 24 heavy (non-hydrogen) atoms. The number of aryl methyl sites for hydroxylation is 1. The zero-order valence-corrected chi connectivity index (χ0v) is 14.8. The topological polar surface area (TPSA) is 53.2 Å². The molecule has 2 atom stereocenters. The third-order valence-electron chi connectivity index (χ3n) is 3.91. The van der Waals surface area contributed by atoms with E-state index >= 15 is 0 Å². The van der Waals surface area contributed by atoms with Crippen molar-refractivity contribution >= 4 is 0 Å². The molecule has 2 aromatic rings. The minimum Gasteiger partial charge on any atom is -0.384 e. The van der Waals surface area contributed by atoms with Gasteiger partial charge in [-0.15, -0.1) is 0 Å². The number of rotatable bonds is 5. The van der Waals surface area contributed by atoms with Gasteiger partial charge in [0.15, 0.2) is 5.60 Å². The average molecular weight is 323 g/mol. The highest BCUT2D eigenvalue weighted by Crippen LogP contribution is 2.37. The first-order valence-corrected chi connectivity index (χ1v) is 8.16. The van der Waals surface area contributed by atoms with E-state index in [9.17, 15) is 10.4 Å². The van der Waals surface area contributed by atoms with Gasteiger partial charge in [-0.2, -0.15) is 5.26 Å². The van der Waals surface area contributed by atoms with Crippen LogP contribution in [0.4, 0.5) is 0 Å². The molecule has 0 aromatic heterocycles. The van der Waals surface area contributed by atoms with Gasteiger partial charge in [0.1, 0.15) is 12.2 Å². The summed E-state index contributed by atoms with van der Waals surface area (Å²) in [6.45, 7) is 7.62. The summed E-state index contributed by atoms with van der Waals surface area (Å²) < 4.78 is 6.14. The number of nitriles is 1. The summed E-state index contributed by atoms with van der Waals surface area (Å²) in [7, 11) is 0. The lowest BCUT2D eigenvalue weighted by molar-refractivity contribution is -0.154. The second-order valence-electron chi connectivity index (χ2n) is 7.14. The van der Waals surface area contributed by atoms with E-state index in [0.717, 1.165) is 16.7 Å². The van der Waals surface area contributed by atoms with Gasteiger partial charge in [-0.3, -0.25) is 0 Å². The summed E-state index contributed by atoms with van der Waals surface area (Å²) in [4.78, 5) is 0. The van der Waals surface area contributed by atoms with Crippen LogP contribution >= 0.6 is 0 Å². The number of nitrogens with zero attached hydrogens (tertiary/aromatic N) is 1. The van der Waals surface area contributed by atoms with Crippen LogP contribution in [0.25, 0.3) is 0 Å². The molecule has 0 aliphatic heterocycles. The lowest BCUT2D eigenvalue weighted by Crippen LogP contribution is -2.46. The highest BCUT2D eigenvalue weighted by Gasteiger charge is 2.44. The first-order chi connectivity index (χ1) is 11.3. The number of benzene rings is 2. The fourth-order valence-electron chi connectivity index (χ4n) is 2.90. The van der Waals surface area contributed by atoms with E-state index in [-0.39, 0.29) is 0 Å². The van der Waals surface area contributed by atoms with E-state index < -0.39 is 17.3 Å². The summed E-state index contributed by atoms with van der Waals surface area (Å²) >= 11 is 0. The Hall–Kier alpha value is -2.15. The summed E-state index contributed by atoms with van der Waals surface area (Å²) in [6.07, 6.45) is -0.722. The largest absolute Gasteiger partial charge is 0.384 e. The van der Waals surface area contributed by atoms with Crippen molar-refractivity contribution in [1.29, 1.82) is 5.26 Å². The van der Waals surface area contributed by atoms with Gasteiger partial charge in [0.25, 0.3) is 0 Å². The monoisotopic (exact) mass is 323 g/mol. The minimum atomic E-state index is -1.36. The molecule has 2 rings (SSSR count). The molecule has 3 heteroatoms. The molecule has 1 N–H and O–H groups in total. The van der Waals surface area contributed by atoms with Crippen molar-refractivity contribution in [2.75, 3.05) is 0 Å². The molecule has 0 bridgehead atoms. The highest BCUT2D eigenvalue weighted by molar-refractivity contribution is 5.34. The second-order valence-corrected chi connectivity index (χ2v) is 7.14. The molecule has 126 valence electrons. The number of aliphatic hydroxyl groups excluding tert-OH is 1. The highest BCUT2D eigenvalue weighted by atomic mass is 16.5. The van der Waals surface area contributed by atoms with Crippen molar-refractivity contribution in [2.24, 2.45) is 0 Å². The summed E-state index contributed by atoms with van der Waals surface area (Å²) in [6, 6.07) is 19.5. The zero-order valence-electron chi connectivity index (χ0n) is 14.8. The van der Waals surface area contributed by atoms with Crippen LogP contribution in [0.3, 0.4) is 0 Å². The predicted octanol–water partition coefficient (Wildman–Crippen LogP) is 4.35. The van der Waals surface area contributed by atoms with Crippen LogP contribution in [0, 0.1) is 18.3 Å². The van der Waals surface area contributed by atoms with E-state index in [1.165, 1.54) is 0 Å². The van der Waals surface area contributed by atoms with Crippen molar-refractivity contribution in [2.45, 2.75) is 51.4 Å². The molecule has 0 fully saturated rings. The van der Waals surface area contributed by atoms with E-state index in [4.69, 9.17) is 4.74 Å². The smallest absolute Gasteiger partial charge is 0.188 e. The Morgan fingerprint density at radius 3 is 2.17 bits per heavy atom. The number of ether oxygens (including phenoxy) is 1.